The van der Waals surface area contributed by atoms with Crippen LogP contribution in [0, 0.1) is 5.82 Å². The van der Waals surface area contributed by atoms with Crippen LogP contribution in [0.5, 0.6) is 11.5 Å². The van der Waals surface area contributed by atoms with Crippen LogP contribution in [0.1, 0.15) is 22.6 Å². The average molecular weight is 531 g/mol. The fourth-order valence-corrected chi connectivity index (χ4v) is 5.00. The molecule has 2 aromatic rings. The van der Waals surface area contributed by atoms with Gasteiger partial charge in [0.2, 0.25) is 11.8 Å². The fourth-order valence-electron chi connectivity index (χ4n) is 5.00. The molecule has 0 fully saturated rings. The number of halogens is 1. The van der Waals surface area contributed by atoms with E-state index >= 15 is 0 Å². The SMILES string of the molecule is COCC(=O)N(Cc1ccccc1F)C1C=C(C(=O)NCCO)C2c3cc(CO)cc(OC)c3OC2C1O. The molecular formula is C27H31FN2O8. The molecule has 4 N–H and O–H groups in total. The third kappa shape index (κ3) is 5.23. The van der Waals surface area contributed by atoms with Crippen molar-refractivity contribution in [3.05, 3.63) is 70.6 Å². The molecule has 4 atom stereocenters. The highest BCUT2D eigenvalue weighted by atomic mass is 19.1. The predicted octanol–water partition coefficient (Wildman–Crippen LogP) is 0.624. The van der Waals surface area contributed by atoms with E-state index in [0.29, 0.717) is 22.6 Å². The van der Waals surface area contributed by atoms with Crippen molar-refractivity contribution in [1.82, 2.24) is 10.2 Å². The van der Waals surface area contributed by atoms with Crippen LogP contribution in [-0.4, -0.2) is 84.3 Å². The van der Waals surface area contributed by atoms with Crippen molar-refractivity contribution >= 4 is 11.8 Å². The van der Waals surface area contributed by atoms with Gasteiger partial charge in [0, 0.05) is 36.9 Å². The van der Waals surface area contributed by atoms with Gasteiger partial charge in [-0.3, -0.25) is 9.59 Å². The minimum Gasteiger partial charge on any atom is -0.493 e. The maximum absolute atomic E-state index is 14.6. The van der Waals surface area contributed by atoms with Gasteiger partial charge in [0.25, 0.3) is 0 Å². The van der Waals surface area contributed by atoms with Crippen molar-refractivity contribution in [2.24, 2.45) is 0 Å². The molecule has 10 nitrogen and oxygen atoms in total. The highest BCUT2D eigenvalue weighted by Crippen LogP contribution is 2.51. The zero-order chi connectivity index (χ0) is 27.4. The Morgan fingerprint density at radius 3 is 2.61 bits per heavy atom. The third-order valence-electron chi connectivity index (χ3n) is 6.74. The molecule has 4 rings (SSSR count). The number of hydrogen-bond donors (Lipinski definition) is 4. The number of nitrogens with zero attached hydrogens (tertiary/aromatic N) is 1. The average Bonchev–Trinajstić information content (AvgIpc) is 3.31. The Morgan fingerprint density at radius 1 is 1.18 bits per heavy atom. The summed E-state index contributed by atoms with van der Waals surface area (Å²) in [6.07, 6.45) is -0.850. The van der Waals surface area contributed by atoms with Crippen LogP contribution >= 0.6 is 0 Å². The van der Waals surface area contributed by atoms with Crippen LogP contribution < -0.4 is 14.8 Å². The Morgan fingerprint density at radius 2 is 1.95 bits per heavy atom. The molecule has 0 spiro atoms. The lowest BCUT2D eigenvalue weighted by Crippen LogP contribution is -2.56. The number of fused-ring (bicyclic) bond motifs is 3. The Balaban J connectivity index is 1.82. The molecule has 1 aliphatic carbocycles. The number of nitrogens with one attached hydrogen (secondary N) is 1. The number of aliphatic hydroxyl groups is 3. The Hall–Kier alpha value is -3.51. The van der Waals surface area contributed by atoms with E-state index in [9.17, 15) is 29.3 Å². The first kappa shape index (κ1) is 27.5. The summed E-state index contributed by atoms with van der Waals surface area (Å²) in [5.41, 5.74) is 1.47. The number of carbonyl (C=O) groups is 2. The summed E-state index contributed by atoms with van der Waals surface area (Å²) >= 11 is 0. The van der Waals surface area contributed by atoms with E-state index in [-0.39, 0.29) is 44.0 Å². The molecule has 1 heterocycles. The first-order valence-electron chi connectivity index (χ1n) is 12.1. The lowest BCUT2D eigenvalue weighted by Gasteiger charge is -2.40. The van der Waals surface area contributed by atoms with Crippen molar-refractivity contribution < 1.29 is 43.5 Å². The summed E-state index contributed by atoms with van der Waals surface area (Å²) in [5, 5.41) is 33.2. The minimum atomic E-state index is -1.32. The molecule has 0 bridgehead atoms. The van der Waals surface area contributed by atoms with Gasteiger partial charge in [0.05, 0.1) is 32.3 Å². The first-order valence-corrected chi connectivity index (χ1v) is 12.1. The van der Waals surface area contributed by atoms with Crippen LogP contribution in [0.4, 0.5) is 4.39 Å². The molecular weight excluding hydrogens is 499 g/mol. The maximum Gasteiger partial charge on any atom is 0.249 e. The van der Waals surface area contributed by atoms with E-state index in [1.807, 2.05) is 0 Å². The van der Waals surface area contributed by atoms with Crippen molar-refractivity contribution in [3.8, 4) is 11.5 Å². The van der Waals surface area contributed by atoms with Gasteiger partial charge in [-0.15, -0.1) is 0 Å². The second-order valence-corrected chi connectivity index (χ2v) is 9.06. The highest BCUT2D eigenvalue weighted by molar-refractivity contribution is 5.96. The van der Waals surface area contributed by atoms with E-state index in [1.54, 1.807) is 18.2 Å². The van der Waals surface area contributed by atoms with Gasteiger partial charge in [0.1, 0.15) is 24.6 Å². The van der Waals surface area contributed by atoms with Crippen LogP contribution in [0.15, 0.2) is 48.0 Å². The lowest BCUT2D eigenvalue weighted by molar-refractivity contribution is -0.141. The molecule has 204 valence electrons. The third-order valence-corrected chi connectivity index (χ3v) is 6.74. The number of aliphatic hydroxyl groups excluding tert-OH is 3. The lowest BCUT2D eigenvalue weighted by atomic mass is 9.77. The van der Waals surface area contributed by atoms with Gasteiger partial charge in [-0.1, -0.05) is 18.2 Å². The number of carbonyl (C=O) groups excluding carboxylic acids is 2. The van der Waals surface area contributed by atoms with E-state index in [4.69, 9.17) is 14.2 Å². The fraction of sp³-hybridized carbons (Fsp3) is 0.407. The number of methoxy groups -OCH3 is 2. The summed E-state index contributed by atoms with van der Waals surface area (Å²) in [4.78, 5) is 27.7. The monoisotopic (exact) mass is 530 g/mol. The van der Waals surface area contributed by atoms with Crippen molar-refractivity contribution in [3.63, 3.8) is 0 Å². The van der Waals surface area contributed by atoms with Crippen molar-refractivity contribution in [1.29, 1.82) is 0 Å². The number of amides is 2. The Bertz CT molecular complexity index is 1220. The Labute approximate surface area is 219 Å². The summed E-state index contributed by atoms with van der Waals surface area (Å²) in [5.74, 6) is -1.71. The Kier molecular flexibility index (Phi) is 8.62. The molecule has 11 heteroatoms. The number of rotatable bonds is 10. The van der Waals surface area contributed by atoms with Crippen LogP contribution in [-0.2, 0) is 27.5 Å². The van der Waals surface area contributed by atoms with Gasteiger partial charge < -0.3 is 39.7 Å². The highest BCUT2D eigenvalue weighted by Gasteiger charge is 2.51. The predicted molar refractivity (Wildman–Crippen MR) is 133 cm³/mol. The van der Waals surface area contributed by atoms with Gasteiger partial charge in [-0.05, 0) is 29.8 Å². The van der Waals surface area contributed by atoms with E-state index < -0.39 is 41.8 Å². The standard InChI is InChI=1S/C27H31FN2O8/c1-36-14-22(33)30(12-16-5-3-4-6-19(16)28)20-11-18(27(35)29-7-8-31)23-17-9-15(13-32)10-21(37-2)25(17)38-26(23)24(20)34/h3-6,9-11,20,23-24,26,31-32,34H,7-8,12-14H2,1-2H3,(H,29,35). The van der Waals surface area contributed by atoms with E-state index in [0.717, 1.165) is 0 Å². The van der Waals surface area contributed by atoms with E-state index in [2.05, 4.69) is 5.32 Å². The van der Waals surface area contributed by atoms with E-state index in [1.165, 1.54) is 43.4 Å². The normalized spacial score (nSPS) is 21.6. The topological polar surface area (TPSA) is 138 Å². The van der Waals surface area contributed by atoms with Crippen LogP contribution in [0.25, 0.3) is 0 Å². The number of benzene rings is 2. The van der Waals surface area contributed by atoms with Gasteiger partial charge in [0.15, 0.2) is 11.5 Å². The van der Waals surface area contributed by atoms with Gasteiger partial charge in [-0.25, -0.2) is 4.39 Å². The second-order valence-electron chi connectivity index (χ2n) is 9.06. The minimum absolute atomic E-state index is 0.0178. The number of ether oxygens (including phenoxy) is 3. The summed E-state index contributed by atoms with van der Waals surface area (Å²) in [6, 6.07) is 8.16. The number of hydrogen-bond acceptors (Lipinski definition) is 8. The van der Waals surface area contributed by atoms with Gasteiger partial charge >= 0.3 is 0 Å². The quantitative estimate of drug-likeness (QED) is 0.351. The molecule has 2 aliphatic rings. The molecule has 2 amide bonds. The van der Waals surface area contributed by atoms with Crippen LogP contribution in [0.2, 0.25) is 0 Å². The van der Waals surface area contributed by atoms with Crippen molar-refractivity contribution in [2.75, 3.05) is 34.0 Å². The molecule has 0 saturated carbocycles. The molecule has 1 aliphatic heterocycles. The molecule has 38 heavy (non-hydrogen) atoms. The van der Waals surface area contributed by atoms with Crippen molar-refractivity contribution in [2.45, 2.75) is 37.3 Å². The summed E-state index contributed by atoms with van der Waals surface area (Å²) in [6.45, 7) is -1.12. The summed E-state index contributed by atoms with van der Waals surface area (Å²) < 4.78 is 31.2. The van der Waals surface area contributed by atoms with Crippen LogP contribution in [0.3, 0.4) is 0 Å². The molecule has 2 aromatic carbocycles. The van der Waals surface area contributed by atoms with Gasteiger partial charge in [-0.2, -0.15) is 0 Å². The summed E-state index contributed by atoms with van der Waals surface area (Å²) in [7, 11) is 2.78. The molecule has 0 saturated heterocycles. The zero-order valence-corrected chi connectivity index (χ0v) is 21.1. The molecule has 0 radical (unpaired) electrons. The molecule has 4 unspecified atom stereocenters. The largest absolute Gasteiger partial charge is 0.493 e. The second kappa shape index (κ2) is 11.9. The maximum atomic E-state index is 14.6. The molecule has 0 aromatic heterocycles. The smallest absolute Gasteiger partial charge is 0.249 e. The first-order chi connectivity index (χ1) is 18.3. The zero-order valence-electron chi connectivity index (χ0n) is 21.1.